The second-order valence-electron chi connectivity index (χ2n) is 4.36. The van der Waals surface area contributed by atoms with E-state index in [4.69, 9.17) is 10.5 Å². The zero-order chi connectivity index (χ0) is 13.1. The average molecular weight is 248 g/mol. The fraction of sp³-hybridized carbons (Fsp3) is 0.385. The number of likely N-dealkylation sites (tertiary alicyclic amines) is 1. The molecule has 1 saturated heterocycles. The quantitative estimate of drug-likeness (QED) is 0.769. The first-order valence-corrected chi connectivity index (χ1v) is 5.83. The molecule has 18 heavy (non-hydrogen) atoms. The number of benzene rings is 1. The summed E-state index contributed by atoms with van der Waals surface area (Å²) in [4.78, 5) is 25.4. The lowest BCUT2D eigenvalue weighted by Gasteiger charge is -2.22. The Labute approximate surface area is 106 Å². The first-order chi connectivity index (χ1) is 8.63. The van der Waals surface area contributed by atoms with E-state index in [0.717, 1.165) is 0 Å². The van der Waals surface area contributed by atoms with Crippen LogP contribution in [-0.2, 0) is 9.53 Å². The Bertz CT molecular complexity index is 447. The summed E-state index contributed by atoms with van der Waals surface area (Å²) in [6, 6.07) is 8.11. The summed E-state index contributed by atoms with van der Waals surface area (Å²) in [7, 11) is 1.32. The van der Waals surface area contributed by atoms with Gasteiger partial charge in [-0.05, 0) is 18.6 Å². The number of carbonyl (C=O) groups is 2. The van der Waals surface area contributed by atoms with Crippen molar-refractivity contribution in [1.82, 2.24) is 4.90 Å². The van der Waals surface area contributed by atoms with Gasteiger partial charge in [0.25, 0.3) is 5.91 Å². The van der Waals surface area contributed by atoms with Crippen molar-refractivity contribution in [3.63, 3.8) is 0 Å². The van der Waals surface area contributed by atoms with E-state index in [1.165, 1.54) is 12.0 Å². The summed E-state index contributed by atoms with van der Waals surface area (Å²) in [5, 5.41) is 0. The number of amides is 1. The molecule has 1 aromatic carbocycles. The molecule has 0 aliphatic carbocycles. The van der Waals surface area contributed by atoms with Crippen molar-refractivity contribution in [2.24, 2.45) is 5.73 Å². The molecule has 0 radical (unpaired) electrons. The molecule has 1 aliphatic heterocycles. The molecule has 0 spiro atoms. The summed E-state index contributed by atoms with van der Waals surface area (Å²) >= 11 is 0. The van der Waals surface area contributed by atoms with Crippen LogP contribution in [0.5, 0.6) is 0 Å². The summed E-state index contributed by atoms with van der Waals surface area (Å²) < 4.78 is 4.71. The van der Waals surface area contributed by atoms with Crippen molar-refractivity contribution in [1.29, 1.82) is 0 Å². The predicted octanol–water partition coefficient (Wildman–Crippen LogP) is 0.401. The summed E-state index contributed by atoms with van der Waals surface area (Å²) in [5.41, 5.74) is 6.38. The first-order valence-electron chi connectivity index (χ1n) is 5.83. The SMILES string of the molecule is COC(=O)[C@@H]1CC(N)CN1C(=O)c1ccccc1. The zero-order valence-electron chi connectivity index (χ0n) is 10.2. The van der Waals surface area contributed by atoms with Crippen LogP contribution in [0.1, 0.15) is 16.8 Å². The third kappa shape index (κ3) is 2.36. The summed E-state index contributed by atoms with van der Waals surface area (Å²) in [6.07, 6.45) is 0.450. The Kier molecular flexibility index (Phi) is 3.62. The van der Waals surface area contributed by atoms with Crippen LogP contribution in [-0.4, -0.2) is 42.5 Å². The topological polar surface area (TPSA) is 72.6 Å². The Balaban J connectivity index is 2.21. The molecule has 96 valence electrons. The zero-order valence-corrected chi connectivity index (χ0v) is 10.2. The van der Waals surface area contributed by atoms with Gasteiger partial charge >= 0.3 is 5.97 Å². The minimum Gasteiger partial charge on any atom is -0.467 e. The normalized spacial score (nSPS) is 22.9. The van der Waals surface area contributed by atoms with Crippen LogP contribution < -0.4 is 5.73 Å². The number of nitrogens with two attached hydrogens (primary N) is 1. The third-order valence-corrected chi connectivity index (χ3v) is 3.09. The standard InChI is InChI=1S/C13H16N2O3/c1-18-13(17)11-7-10(14)8-15(11)12(16)9-5-3-2-4-6-9/h2-6,10-11H,7-8,14H2,1H3/t10?,11-/m0/s1. The van der Waals surface area contributed by atoms with Crippen molar-refractivity contribution >= 4 is 11.9 Å². The van der Waals surface area contributed by atoms with Gasteiger partial charge in [-0.3, -0.25) is 4.79 Å². The molecule has 1 fully saturated rings. The first kappa shape index (κ1) is 12.6. The number of ether oxygens (including phenoxy) is 1. The van der Waals surface area contributed by atoms with Crippen LogP contribution >= 0.6 is 0 Å². The maximum absolute atomic E-state index is 12.3. The number of hydrogen-bond acceptors (Lipinski definition) is 4. The maximum atomic E-state index is 12.3. The number of esters is 1. The van der Waals surface area contributed by atoms with Gasteiger partial charge in [-0.25, -0.2) is 4.79 Å². The molecule has 1 aromatic rings. The van der Waals surface area contributed by atoms with E-state index in [0.29, 0.717) is 18.5 Å². The van der Waals surface area contributed by atoms with Crippen molar-refractivity contribution in [2.45, 2.75) is 18.5 Å². The van der Waals surface area contributed by atoms with Crippen molar-refractivity contribution in [2.75, 3.05) is 13.7 Å². The van der Waals surface area contributed by atoms with E-state index in [2.05, 4.69) is 0 Å². The van der Waals surface area contributed by atoms with E-state index in [-0.39, 0.29) is 11.9 Å². The van der Waals surface area contributed by atoms with Crippen LogP contribution in [0.2, 0.25) is 0 Å². The molecular formula is C13H16N2O3. The number of hydrogen-bond donors (Lipinski definition) is 1. The summed E-state index contributed by atoms with van der Waals surface area (Å²) in [5.74, 6) is -0.591. The minimum absolute atomic E-state index is 0.179. The van der Waals surface area contributed by atoms with Gasteiger partial charge in [-0.15, -0.1) is 0 Å². The largest absolute Gasteiger partial charge is 0.467 e. The maximum Gasteiger partial charge on any atom is 0.328 e. The monoisotopic (exact) mass is 248 g/mol. The molecule has 0 bridgehead atoms. The van der Waals surface area contributed by atoms with Crippen molar-refractivity contribution in [3.05, 3.63) is 35.9 Å². The molecule has 0 saturated carbocycles. The molecule has 1 aliphatic rings. The molecule has 1 unspecified atom stereocenters. The Morgan fingerprint density at radius 2 is 2.00 bits per heavy atom. The van der Waals surface area contributed by atoms with Gasteiger partial charge in [-0.1, -0.05) is 18.2 Å². The van der Waals surface area contributed by atoms with Gasteiger partial charge in [0.15, 0.2) is 0 Å². The van der Waals surface area contributed by atoms with Crippen LogP contribution in [0.3, 0.4) is 0 Å². The lowest BCUT2D eigenvalue weighted by molar-refractivity contribution is -0.145. The second kappa shape index (κ2) is 5.18. The highest BCUT2D eigenvalue weighted by molar-refractivity contribution is 5.97. The molecule has 0 aromatic heterocycles. The molecule has 2 atom stereocenters. The Morgan fingerprint density at radius 1 is 1.33 bits per heavy atom. The van der Waals surface area contributed by atoms with Crippen LogP contribution in [0.15, 0.2) is 30.3 Å². The Hall–Kier alpha value is -1.88. The van der Waals surface area contributed by atoms with Gasteiger partial charge in [0.2, 0.25) is 0 Å². The van der Waals surface area contributed by atoms with Gasteiger partial charge in [0, 0.05) is 18.2 Å². The number of rotatable bonds is 2. The van der Waals surface area contributed by atoms with Crippen molar-refractivity contribution < 1.29 is 14.3 Å². The Morgan fingerprint density at radius 3 is 2.61 bits per heavy atom. The number of nitrogens with zero attached hydrogens (tertiary/aromatic N) is 1. The van der Waals surface area contributed by atoms with Crippen LogP contribution in [0.25, 0.3) is 0 Å². The highest BCUT2D eigenvalue weighted by atomic mass is 16.5. The minimum atomic E-state index is -0.572. The second-order valence-corrected chi connectivity index (χ2v) is 4.36. The van der Waals surface area contributed by atoms with Crippen LogP contribution in [0.4, 0.5) is 0 Å². The smallest absolute Gasteiger partial charge is 0.328 e. The van der Waals surface area contributed by atoms with E-state index in [1.807, 2.05) is 6.07 Å². The molecule has 5 heteroatoms. The molecule has 1 heterocycles. The van der Waals surface area contributed by atoms with Crippen LogP contribution in [0, 0.1) is 0 Å². The number of carbonyl (C=O) groups excluding carboxylic acids is 2. The van der Waals surface area contributed by atoms with Gasteiger partial charge in [0.1, 0.15) is 6.04 Å². The fourth-order valence-corrected chi connectivity index (χ4v) is 2.20. The third-order valence-electron chi connectivity index (χ3n) is 3.09. The van der Waals surface area contributed by atoms with E-state index in [1.54, 1.807) is 24.3 Å². The predicted molar refractivity (Wildman–Crippen MR) is 65.9 cm³/mol. The lowest BCUT2D eigenvalue weighted by atomic mass is 10.1. The fourth-order valence-electron chi connectivity index (χ4n) is 2.20. The highest BCUT2D eigenvalue weighted by Gasteiger charge is 2.39. The molecule has 2 N–H and O–H groups in total. The van der Waals surface area contributed by atoms with Gasteiger partial charge < -0.3 is 15.4 Å². The van der Waals surface area contributed by atoms with Gasteiger partial charge in [-0.2, -0.15) is 0 Å². The van der Waals surface area contributed by atoms with Crippen molar-refractivity contribution in [3.8, 4) is 0 Å². The number of methoxy groups -OCH3 is 1. The summed E-state index contributed by atoms with van der Waals surface area (Å²) in [6.45, 7) is 0.382. The van der Waals surface area contributed by atoms with Gasteiger partial charge in [0.05, 0.1) is 7.11 Å². The highest BCUT2D eigenvalue weighted by Crippen LogP contribution is 2.20. The average Bonchev–Trinajstić information content (AvgIpc) is 2.80. The molecular weight excluding hydrogens is 232 g/mol. The lowest BCUT2D eigenvalue weighted by Crippen LogP contribution is -2.41. The molecule has 5 nitrogen and oxygen atoms in total. The van der Waals surface area contributed by atoms with E-state index >= 15 is 0 Å². The molecule has 1 amide bonds. The van der Waals surface area contributed by atoms with E-state index < -0.39 is 12.0 Å². The molecule has 2 rings (SSSR count). The van der Waals surface area contributed by atoms with E-state index in [9.17, 15) is 9.59 Å².